The van der Waals surface area contributed by atoms with Crippen molar-refractivity contribution in [2.75, 3.05) is 16.4 Å². The number of carbonyl (C=O) groups is 2. The van der Waals surface area contributed by atoms with Crippen molar-refractivity contribution in [1.82, 2.24) is 14.6 Å². The molecule has 0 aliphatic heterocycles. The second-order valence-electron chi connectivity index (χ2n) is 8.02. The predicted octanol–water partition coefficient (Wildman–Crippen LogP) is 5.27. The predicted molar refractivity (Wildman–Crippen MR) is 130 cm³/mol. The number of carbonyl (C=O) groups excluding carboxylic acids is 2. The molecule has 0 spiro atoms. The molecule has 2 aromatic carbocycles. The second-order valence-corrected chi connectivity index (χ2v) is 8.42. The maximum Gasteiger partial charge on any atom is 0.323 e. The molecule has 0 bridgehead atoms. The fourth-order valence-corrected chi connectivity index (χ4v) is 3.86. The third kappa shape index (κ3) is 4.51. The van der Waals surface area contributed by atoms with Gasteiger partial charge in [-0.15, -0.1) is 0 Å². The number of halogens is 1. The molecule has 2 amide bonds. The molecule has 0 aliphatic carbocycles. The number of nitrogens with two attached hydrogens (primary N) is 1. The number of aromatic nitrogens is 3. The summed E-state index contributed by atoms with van der Waals surface area (Å²) in [7, 11) is 0. The highest BCUT2D eigenvalue weighted by atomic mass is 35.5. The van der Waals surface area contributed by atoms with Crippen LogP contribution < -0.4 is 16.4 Å². The first-order chi connectivity index (χ1) is 15.7. The molecule has 0 saturated heterocycles. The van der Waals surface area contributed by atoms with E-state index < -0.39 is 6.03 Å². The monoisotopic (exact) mass is 462 g/mol. The van der Waals surface area contributed by atoms with Crippen molar-refractivity contribution in [1.29, 1.82) is 0 Å². The molecule has 4 rings (SSSR count). The molecule has 2 aromatic heterocycles. The van der Waals surface area contributed by atoms with E-state index in [0.717, 1.165) is 11.3 Å². The Bertz CT molecular complexity index is 1380. The summed E-state index contributed by atoms with van der Waals surface area (Å²) >= 11 is 6.19. The number of nitrogens with zero attached hydrogens (tertiary/aromatic N) is 3. The summed E-state index contributed by atoms with van der Waals surface area (Å²) in [5, 5.41) is 10.2. The van der Waals surface area contributed by atoms with Crippen LogP contribution in [0.3, 0.4) is 0 Å². The average Bonchev–Trinajstić information content (AvgIpc) is 3.17. The molecule has 0 fully saturated rings. The van der Waals surface area contributed by atoms with E-state index in [4.69, 9.17) is 17.3 Å². The van der Waals surface area contributed by atoms with Crippen LogP contribution in [-0.4, -0.2) is 26.4 Å². The molecule has 2 heterocycles. The van der Waals surface area contributed by atoms with Crippen LogP contribution in [0.2, 0.25) is 5.02 Å². The fraction of sp³-hybridized carbons (Fsp3) is 0.167. The van der Waals surface area contributed by atoms with Crippen LogP contribution in [0.15, 0.2) is 54.9 Å². The highest BCUT2D eigenvalue weighted by molar-refractivity contribution is 6.33. The minimum atomic E-state index is -0.473. The van der Waals surface area contributed by atoms with E-state index in [1.165, 1.54) is 6.33 Å². The minimum absolute atomic E-state index is 0.124. The van der Waals surface area contributed by atoms with Crippen molar-refractivity contribution >= 4 is 46.1 Å². The largest absolute Gasteiger partial charge is 0.382 e. The van der Waals surface area contributed by atoms with E-state index >= 15 is 0 Å². The van der Waals surface area contributed by atoms with Crippen LogP contribution in [0, 0.1) is 6.92 Å². The topological polar surface area (TPSA) is 114 Å². The summed E-state index contributed by atoms with van der Waals surface area (Å²) in [5.41, 5.74) is 10.1. The molecule has 0 unspecified atom stereocenters. The van der Waals surface area contributed by atoms with E-state index in [1.54, 1.807) is 47.0 Å². The van der Waals surface area contributed by atoms with Gasteiger partial charge in [0, 0.05) is 16.9 Å². The molecular weight excluding hydrogens is 440 g/mol. The van der Waals surface area contributed by atoms with Gasteiger partial charge in [0.25, 0.3) is 0 Å². The van der Waals surface area contributed by atoms with E-state index in [0.29, 0.717) is 33.0 Å². The van der Waals surface area contributed by atoms with Gasteiger partial charge in [-0.05, 0) is 48.7 Å². The van der Waals surface area contributed by atoms with Gasteiger partial charge in [0.2, 0.25) is 0 Å². The van der Waals surface area contributed by atoms with Crippen LogP contribution in [0.5, 0.6) is 0 Å². The molecule has 0 radical (unpaired) electrons. The molecule has 8 nitrogen and oxygen atoms in total. The van der Waals surface area contributed by atoms with E-state index in [-0.39, 0.29) is 17.5 Å². The number of ketones is 1. The number of hydrogen-bond acceptors (Lipinski definition) is 5. The molecule has 9 heteroatoms. The van der Waals surface area contributed by atoms with E-state index in [2.05, 4.69) is 20.7 Å². The highest BCUT2D eigenvalue weighted by Gasteiger charge is 2.22. The molecule has 0 aliphatic rings. The van der Waals surface area contributed by atoms with Crippen LogP contribution >= 0.6 is 11.6 Å². The lowest BCUT2D eigenvalue weighted by molar-refractivity contribution is 0.104. The average molecular weight is 463 g/mol. The SMILES string of the molecule is Cc1ccc(NC(=O)Nc2cccc(C(=O)c3cc(C(C)C)n4ncnc(N)c34)c2)c(Cl)c1. The van der Waals surface area contributed by atoms with Crippen LogP contribution in [-0.2, 0) is 0 Å². The zero-order valence-corrected chi connectivity index (χ0v) is 19.1. The molecule has 0 saturated carbocycles. The maximum absolute atomic E-state index is 13.4. The number of hydrogen-bond donors (Lipinski definition) is 3. The Labute approximate surface area is 195 Å². The molecule has 4 N–H and O–H groups in total. The smallest absolute Gasteiger partial charge is 0.323 e. The Morgan fingerprint density at radius 3 is 2.61 bits per heavy atom. The summed E-state index contributed by atoms with van der Waals surface area (Å²) in [6, 6.07) is 13.3. The third-order valence-electron chi connectivity index (χ3n) is 5.20. The summed E-state index contributed by atoms with van der Waals surface area (Å²) in [5.74, 6) is 0.106. The van der Waals surface area contributed by atoms with Gasteiger partial charge in [-0.25, -0.2) is 14.3 Å². The molecule has 0 atom stereocenters. The third-order valence-corrected chi connectivity index (χ3v) is 5.51. The number of urea groups is 1. The molecular formula is C24H23ClN6O2. The van der Waals surface area contributed by atoms with Gasteiger partial charge in [-0.3, -0.25) is 4.79 Å². The van der Waals surface area contributed by atoms with E-state index in [1.807, 2.05) is 26.8 Å². The lowest BCUT2D eigenvalue weighted by Crippen LogP contribution is -2.19. The number of nitrogens with one attached hydrogen (secondary N) is 2. The van der Waals surface area contributed by atoms with Crippen molar-refractivity contribution in [3.63, 3.8) is 0 Å². The fourth-order valence-electron chi connectivity index (χ4n) is 3.58. The van der Waals surface area contributed by atoms with Crippen molar-refractivity contribution in [2.24, 2.45) is 0 Å². The number of rotatable bonds is 5. The Hall–Kier alpha value is -3.91. The first kappa shape index (κ1) is 22.3. The number of nitrogen functional groups attached to an aromatic ring is 1. The number of anilines is 3. The molecule has 33 heavy (non-hydrogen) atoms. The highest BCUT2D eigenvalue weighted by Crippen LogP contribution is 2.28. The van der Waals surface area contributed by atoms with Gasteiger partial charge >= 0.3 is 6.03 Å². The first-order valence-electron chi connectivity index (χ1n) is 10.4. The van der Waals surface area contributed by atoms with Gasteiger partial charge in [0.1, 0.15) is 11.8 Å². The summed E-state index contributed by atoms with van der Waals surface area (Å²) < 4.78 is 1.65. The Morgan fingerprint density at radius 1 is 1.09 bits per heavy atom. The number of aryl methyl sites for hydroxylation is 1. The lowest BCUT2D eigenvalue weighted by Gasteiger charge is -2.10. The van der Waals surface area contributed by atoms with Crippen molar-refractivity contribution in [3.05, 3.63) is 82.3 Å². The zero-order valence-electron chi connectivity index (χ0n) is 18.4. The van der Waals surface area contributed by atoms with Crippen molar-refractivity contribution in [3.8, 4) is 0 Å². The van der Waals surface area contributed by atoms with E-state index in [9.17, 15) is 9.59 Å². The van der Waals surface area contributed by atoms with Gasteiger partial charge in [0.15, 0.2) is 11.6 Å². The number of fused-ring (bicyclic) bond motifs is 1. The Kier molecular flexibility index (Phi) is 6.02. The summed E-state index contributed by atoms with van der Waals surface area (Å²) in [6.07, 6.45) is 1.37. The normalized spacial score (nSPS) is 11.1. The van der Waals surface area contributed by atoms with Crippen LogP contribution in [0.25, 0.3) is 5.52 Å². The van der Waals surface area contributed by atoms with Gasteiger partial charge in [0.05, 0.1) is 16.3 Å². The molecule has 168 valence electrons. The maximum atomic E-state index is 13.4. The number of amides is 2. The summed E-state index contributed by atoms with van der Waals surface area (Å²) in [4.78, 5) is 29.9. The zero-order chi connectivity index (χ0) is 23.7. The van der Waals surface area contributed by atoms with Crippen molar-refractivity contribution < 1.29 is 9.59 Å². The van der Waals surface area contributed by atoms with Crippen LogP contribution in [0.4, 0.5) is 22.0 Å². The van der Waals surface area contributed by atoms with Crippen molar-refractivity contribution in [2.45, 2.75) is 26.7 Å². The molecule has 4 aromatic rings. The number of benzene rings is 2. The Morgan fingerprint density at radius 2 is 1.88 bits per heavy atom. The lowest BCUT2D eigenvalue weighted by atomic mass is 10.0. The first-order valence-corrected chi connectivity index (χ1v) is 10.7. The van der Waals surface area contributed by atoms with Crippen LogP contribution in [0.1, 0.15) is 46.9 Å². The standard InChI is InChI=1S/C24H23ClN6O2/c1-13(2)20-11-17(21-23(26)27-12-28-31(20)21)22(32)15-5-4-6-16(10-15)29-24(33)30-19-8-7-14(3)9-18(19)25/h4-13H,1-3H3,(H2,26,27,28)(H2,29,30,33). The quantitative estimate of drug-likeness (QED) is 0.349. The Balaban J connectivity index is 1.60. The van der Waals surface area contributed by atoms with Gasteiger partial charge in [-0.2, -0.15) is 5.10 Å². The van der Waals surface area contributed by atoms with Gasteiger partial charge in [-0.1, -0.05) is 43.6 Å². The van der Waals surface area contributed by atoms with Gasteiger partial charge < -0.3 is 16.4 Å². The second kappa shape index (κ2) is 8.91. The minimum Gasteiger partial charge on any atom is -0.382 e. The summed E-state index contributed by atoms with van der Waals surface area (Å²) in [6.45, 7) is 5.94.